The normalized spacial score (nSPS) is 12.6. The summed E-state index contributed by atoms with van der Waals surface area (Å²) in [6.45, 7) is 16.4. The zero-order valence-electron chi connectivity index (χ0n) is 15.3. The summed E-state index contributed by atoms with van der Waals surface area (Å²) >= 11 is 0. The van der Waals surface area contributed by atoms with Crippen molar-refractivity contribution in [3.05, 3.63) is 0 Å². The fourth-order valence-corrected chi connectivity index (χ4v) is 1.58. The lowest BCUT2D eigenvalue weighted by molar-refractivity contribution is -0.127. The Labute approximate surface area is 136 Å². The van der Waals surface area contributed by atoms with Gasteiger partial charge >= 0.3 is 0 Å². The third-order valence-corrected chi connectivity index (χ3v) is 2.96. The summed E-state index contributed by atoms with van der Waals surface area (Å²) in [6.07, 6.45) is 0.466. The Morgan fingerprint density at radius 3 is 1.68 bits per heavy atom. The molecule has 0 rings (SSSR count). The van der Waals surface area contributed by atoms with Gasteiger partial charge < -0.3 is 19.5 Å². The highest BCUT2D eigenvalue weighted by atomic mass is 16.5. The van der Waals surface area contributed by atoms with Gasteiger partial charge in [-0.05, 0) is 20.8 Å². The highest BCUT2D eigenvalue weighted by Crippen LogP contribution is 2.16. The van der Waals surface area contributed by atoms with Gasteiger partial charge in [-0.25, -0.2) is 0 Å². The van der Waals surface area contributed by atoms with Crippen molar-refractivity contribution in [1.82, 2.24) is 5.32 Å². The average molecular weight is 317 g/mol. The van der Waals surface area contributed by atoms with Gasteiger partial charge in [-0.2, -0.15) is 0 Å². The van der Waals surface area contributed by atoms with E-state index in [1.54, 1.807) is 0 Å². The van der Waals surface area contributed by atoms with Crippen LogP contribution in [0.4, 0.5) is 0 Å². The zero-order chi connectivity index (χ0) is 17.1. The van der Waals surface area contributed by atoms with E-state index in [-0.39, 0.29) is 16.7 Å². The Balaban J connectivity index is 3.23. The van der Waals surface area contributed by atoms with E-state index in [9.17, 15) is 4.79 Å². The Bertz CT molecular complexity index is 292. The molecule has 0 aromatic carbocycles. The van der Waals surface area contributed by atoms with Crippen LogP contribution in [0.15, 0.2) is 0 Å². The van der Waals surface area contributed by atoms with Crippen molar-refractivity contribution < 1.29 is 19.0 Å². The first-order chi connectivity index (χ1) is 10.1. The molecule has 0 saturated carbocycles. The summed E-state index contributed by atoms with van der Waals surface area (Å²) in [5, 5.41) is 3.35. The quantitative estimate of drug-likeness (QED) is 0.560. The molecule has 0 fully saturated rings. The molecule has 132 valence electrons. The van der Waals surface area contributed by atoms with E-state index < -0.39 is 0 Å². The number of ether oxygens (including phenoxy) is 3. The maximum atomic E-state index is 11.7. The van der Waals surface area contributed by atoms with Gasteiger partial charge in [0.05, 0.1) is 39.6 Å². The summed E-state index contributed by atoms with van der Waals surface area (Å²) in [5.41, 5.74) is -0.148. The number of nitrogens with one attached hydrogen (secondary N) is 1. The summed E-state index contributed by atoms with van der Waals surface area (Å²) in [7, 11) is 0. The van der Waals surface area contributed by atoms with Crippen molar-refractivity contribution in [2.45, 2.75) is 53.5 Å². The lowest BCUT2D eigenvalue weighted by Gasteiger charge is -2.20. The molecule has 0 amide bonds. The van der Waals surface area contributed by atoms with E-state index in [2.05, 4.69) is 26.1 Å². The topological polar surface area (TPSA) is 56.8 Å². The number of carbonyl (C=O) groups excluding carboxylic acids is 1. The maximum Gasteiger partial charge on any atom is 0.140 e. The smallest absolute Gasteiger partial charge is 0.140 e. The fraction of sp³-hybridized carbons (Fsp3) is 0.941. The summed E-state index contributed by atoms with van der Waals surface area (Å²) < 4.78 is 16.2. The third-order valence-electron chi connectivity index (χ3n) is 2.96. The van der Waals surface area contributed by atoms with Crippen molar-refractivity contribution >= 4 is 5.78 Å². The number of hydrogen-bond acceptors (Lipinski definition) is 5. The summed E-state index contributed by atoms with van der Waals surface area (Å²) in [6, 6.07) is 0. The van der Waals surface area contributed by atoms with Gasteiger partial charge in [0.1, 0.15) is 5.78 Å². The minimum absolute atomic E-state index is 0.131. The standard InChI is InChI=1S/C17H35NO4/c1-16(2,3)15(19)7-9-20-11-13-22-14-12-21-10-8-18-17(4,5)6/h18H,7-14H2,1-6H3. The second-order valence-electron chi connectivity index (χ2n) is 7.44. The van der Waals surface area contributed by atoms with Crippen LogP contribution < -0.4 is 5.32 Å². The van der Waals surface area contributed by atoms with E-state index >= 15 is 0 Å². The highest BCUT2D eigenvalue weighted by Gasteiger charge is 2.20. The monoisotopic (exact) mass is 317 g/mol. The first-order valence-electron chi connectivity index (χ1n) is 8.14. The SMILES string of the molecule is CC(C)(C)NCCOCCOCCOCCC(=O)C(C)(C)C. The van der Waals surface area contributed by atoms with Crippen molar-refractivity contribution in [2.75, 3.05) is 46.2 Å². The van der Waals surface area contributed by atoms with Crippen LogP contribution >= 0.6 is 0 Å². The molecule has 1 N–H and O–H groups in total. The predicted octanol–water partition coefficient (Wildman–Crippen LogP) is 2.43. The Morgan fingerprint density at radius 1 is 0.773 bits per heavy atom. The average Bonchev–Trinajstić information content (AvgIpc) is 2.37. The van der Waals surface area contributed by atoms with E-state index in [4.69, 9.17) is 14.2 Å². The fourth-order valence-electron chi connectivity index (χ4n) is 1.58. The Hall–Kier alpha value is -0.490. The van der Waals surface area contributed by atoms with Gasteiger partial charge in [0.25, 0.3) is 0 Å². The molecule has 0 bridgehead atoms. The van der Waals surface area contributed by atoms with Crippen molar-refractivity contribution in [3.63, 3.8) is 0 Å². The van der Waals surface area contributed by atoms with E-state index in [1.165, 1.54) is 0 Å². The molecule has 0 aliphatic heterocycles. The predicted molar refractivity (Wildman–Crippen MR) is 89.3 cm³/mol. The number of hydrogen-bond donors (Lipinski definition) is 1. The van der Waals surface area contributed by atoms with Gasteiger partial charge in [0, 0.05) is 23.9 Å². The Kier molecular flexibility index (Phi) is 10.9. The summed E-state index contributed by atoms with van der Waals surface area (Å²) in [5.74, 6) is 0.227. The Morgan fingerprint density at radius 2 is 1.23 bits per heavy atom. The first-order valence-corrected chi connectivity index (χ1v) is 8.14. The van der Waals surface area contributed by atoms with Crippen LogP contribution in [0, 0.1) is 5.41 Å². The number of ketones is 1. The van der Waals surface area contributed by atoms with Crippen LogP contribution in [0.2, 0.25) is 0 Å². The van der Waals surface area contributed by atoms with Gasteiger partial charge in [-0.15, -0.1) is 0 Å². The van der Waals surface area contributed by atoms with Crippen LogP contribution in [0.5, 0.6) is 0 Å². The molecule has 0 aliphatic carbocycles. The van der Waals surface area contributed by atoms with Crippen molar-refractivity contribution in [3.8, 4) is 0 Å². The molecule has 0 aliphatic rings. The lowest BCUT2D eigenvalue weighted by Crippen LogP contribution is -2.38. The van der Waals surface area contributed by atoms with Crippen LogP contribution in [0.25, 0.3) is 0 Å². The van der Waals surface area contributed by atoms with Crippen LogP contribution in [-0.2, 0) is 19.0 Å². The third kappa shape index (κ3) is 14.4. The molecular formula is C17H35NO4. The second kappa shape index (κ2) is 11.1. The van der Waals surface area contributed by atoms with Gasteiger partial charge in [0.2, 0.25) is 0 Å². The molecule has 0 spiro atoms. The van der Waals surface area contributed by atoms with E-state index in [0.717, 1.165) is 6.54 Å². The largest absolute Gasteiger partial charge is 0.379 e. The molecule has 22 heavy (non-hydrogen) atoms. The van der Waals surface area contributed by atoms with Crippen molar-refractivity contribution in [1.29, 1.82) is 0 Å². The molecular weight excluding hydrogens is 282 g/mol. The molecule has 5 nitrogen and oxygen atoms in total. The molecule has 0 atom stereocenters. The maximum absolute atomic E-state index is 11.7. The second-order valence-corrected chi connectivity index (χ2v) is 7.44. The van der Waals surface area contributed by atoms with Crippen LogP contribution in [0.1, 0.15) is 48.0 Å². The van der Waals surface area contributed by atoms with Crippen molar-refractivity contribution in [2.24, 2.45) is 5.41 Å². The van der Waals surface area contributed by atoms with Gasteiger partial charge in [-0.3, -0.25) is 4.79 Å². The summed E-state index contributed by atoms with van der Waals surface area (Å²) in [4.78, 5) is 11.7. The molecule has 0 saturated heterocycles. The molecule has 0 aromatic heterocycles. The van der Waals surface area contributed by atoms with Gasteiger partial charge in [-0.1, -0.05) is 20.8 Å². The minimum atomic E-state index is -0.279. The highest BCUT2D eigenvalue weighted by molar-refractivity contribution is 5.83. The van der Waals surface area contributed by atoms with Gasteiger partial charge in [0.15, 0.2) is 0 Å². The van der Waals surface area contributed by atoms with E-state index in [1.807, 2.05) is 20.8 Å². The first kappa shape index (κ1) is 21.5. The molecule has 0 unspecified atom stereocenters. The molecule has 5 heteroatoms. The zero-order valence-corrected chi connectivity index (χ0v) is 15.3. The van der Waals surface area contributed by atoms with Crippen LogP contribution in [-0.4, -0.2) is 57.5 Å². The number of Topliss-reactive ketones (excluding diaryl/α,β-unsaturated/α-hetero) is 1. The van der Waals surface area contributed by atoms with E-state index in [0.29, 0.717) is 46.1 Å². The molecule has 0 radical (unpaired) electrons. The molecule has 0 aromatic rings. The van der Waals surface area contributed by atoms with Crippen LogP contribution in [0.3, 0.4) is 0 Å². The number of rotatable bonds is 12. The molecule has 0 heterocycles. The minimum Gasteiger partial charge on any atom is -0.379 e. The lowest BCUT2D eigenvalue weighted by atomic mass is 9.89. The number of carbonyl (C=O) groups is 1.